The molecule has 4 unspecified atom stereocenters. The van der Waals surface area contributed by atoms with Gasteiger partial charge < -0.3 is 25.4 Å². The summed E-state index contributed by atoms with van der Waals surface area (Å²) in [6.45, 7) is 4.54. The fraction of sp³-hybridized carbons (Fsp3) is 0.900. The zero-order chi connectivity index (χ0) is 19.2. The van der Waals surface area contributed by atoms with Crippen LogP contribution in [0.1, 0.15) is 39.5 Å². The van der Waals surface area contributed by atoms with E-state index in [2.05, 4.69) is 5.32 Å². The fourth-order valence-electron chi connectivity index (χ4n) is 8.40. The van der Waals surface area contributed by atoms with Gasteiger partial charge in [0, 0.05) is 24.8 Å². The molecule has 3 aliphatic heterocycles. The first-order valence-electron chi connectivity index (χ1n) is 10.2. The van der Waals surface area contributed by atoms with Crippen molar-refractivity contribution in [2.75, 3.05) is 13.2 Å². The smallest absolute Gasteiger partial charge is 0.208 e. The lowest BCUT2D eigenvalue weighted by Crippen LogP contribution is -2.85. The van der Waals surface area contributed by atoms with Crippen LogP contribution in [0.15, 0.2) is 0 Å². The van der Waals surface area contributed by atoms with Gasteiger partial charge in [0.25, 0.3) is 0 Å². The van der Waals surface area contributed by atoms with Gasteiger partial charge in [-0.3, -0.25) is 9.59 Å². The molecule has 4 aliphatic carbocycles. The van der Waals surface area contributed by atoms with E-state index in [1.807, 2.05) is 13.8 Å². The number of nitrogens with one attached hydrogen (secondary N) is 1. The van der Waals surface area contributed by atoms with Gasteiger partial charge in [-0.15, -0.1) is 0 Å². The maximum Gasteiger partial charge on any atom is 0.208 e. The van der Waals surface area contributed by atoms with Crippen LogP contribution in [0.5, 0.6) is 0 Å². The summed E-state index contributed by atoms with van der Waals surface area (Å²) in [5, 5.41) is 37.6. The highest BCUT2D eigenvalue weighted by Crippen LogP contribution is 2.76. The molecule has 7 nitrogen and oxygen atoms in total. The van der Waals surface area contributed by atoms with Gasteiger partial charge in [-0.05, 0) is 30.6 Å². The molecule has 0 radical (unpaired) electrons. The van der Waals surface area contributed by atoms with Crippen molar-refractivity contribution in [1.82, 2.24) is 5.32 Å². The summed E-state index contributed by atoms with van der Waals surface area (Å²) >= 11 is 0. The van der Waals surface area contributed by atoms with E-state index in [1.165, 1.54) is 0 Å². The van der Waals surface area contributed by atoms with E-state index in [9.17, 15) is 24.9 Å². The third-order valence-electron chi connectivity index (χ3n) is 9.51. The summed E-state index contributed by atoms with van der Waals surface area (Å²) in [5.74, 6) is -3.68. The minimum absolute atomic E-state index is 0.0140. The van der Waals surface area contributed by atoms with Crippen molar-refractivity contribution in [2.45, 2.75) is 63.1 Å². The van der Waals surface area contributed by atoms with Gasteiger partial charge in [-0.1, -0.05) is 13.8 Å². The van der Waals surface area contributed by atoms with Crippen molar-refractivity contribution in [3.8, 4) is 0 Å². The van der Waals surface area contributed by atoms with Crippen LogP contribution in [0.2, 0.25) is 0 Å². The molecule has 0 aromatic heterocycles. The molecule has 0 aromatic carbocycles. The molecule has 7 rings (SSSR count). The second-order valence-electron chi connectivity index (χ2n) is 10.6. The Morgan fingerprint density at radius 3 is 2.52 bits per heavy atom. The Morgan fingerprint density at radius 1 is 1.15 bits per heavy atom. The Morgan fingerprint density at radius 2 is 1.85 bits per heavy atom. The lowest BCUT2D eigenvalue weighted by molar-refractivity contribution is -0.437. The summed E-state index contributed by atoms with van der Waals surface area (Å²) in [4.78, 5) is 27.1. The number of aliphatic hydroxyl groups is 3. The van der Waals surface area contributed by atoms with E-state index in [-0.39, 0.29) is 29.5 Å². The van der Waals surface area contributed by atoms with Crippen LogP contribution in [-0.4, -0.2) is 63.6 Å². The summed E-state index contributed by atoms with van der Waals surface area (Å²) in [6, 6.07) is 0. The molecule has 148 valence electrons. The first kappa shape index (κ1) is 17.0. The number of hydrogen-bond acceptors (Lipinski definition) is 7. The number of Topliss-reactive ketones (excluding diaryl/α,β-unsaturated/α-hetero) is 2. The van der Waals surface area contributed by atoms with Crippen LogP contribution in [0.25, 0.3) is 0 Å². The Kier molecular flexibility index (Phi) is 2.73. The van der Waals surface area contributed by atoms with Gasteiger partial charge in [0.05, 0.1) is 23.7 Å². The van der Waals surface area contributed by atoms with Crippen molar-refractivity contribution in [1.29, 1.82) is 0 Å². The number of ketones is 2. The monoisotopic (exact) mass is 377 g/mol. The molecule has 4 saturated carbocycles. The minimum Gasteiger partial charge on any atom is -0.391 e. The van der Waals surface area contributed by atoms with E-state index in [1.54, 1.807) is 0 Å². The predicted octanol–water partition coefficient (Wildman–Crippen LogP) is -0.630. The highest BCUT2D eigenvalue weighted by molar-refractivity contribution is 6.03. The molecule has 0 amide bonds. The van der Waals surface area contributed by atoms with E-state index < -0.39 is 46.2 Å². The maximum atomic E-state index is 13.7. The second-order valence-corrected chi connectivity index (χ2v) is 10.6. The zero-order valence-corrected chi connectivity index (χ0v) is 15.7. The SMILES string of the molecule is CC1(C)CCC(=O)[C@]23COC(O)([C@@H](O)C12)[C@]12C(=O)C4(CN4)[C@H](CCC31)[C@H]2O. The van der Waals surface area contributed by atoms with Crippen molar-refractivity contribution in [3.05, 3.63) is 0 Å². The van der Waals surface area contributed by atoms with Crippen molar-refractivity contribution >= 4 is 11.6 Å². The number of hydrogen-bond donors (Lipinski definition) is 4. The Labute approximate surface area is 157 Å². The molecule has 3 spiro atoms. The van der Waals surface area contributed by atoms with Crippen molar-refractivity contribution < 1.29 is 29.6 Å². The molecule has 3 heterocycles. The molecule has 9 atom stereocenters. The highest BCUT2D eigenvalue weighted by Gasteiger charge is 2.91. The fourth-order valence-corrected chi connectivity index (χ4v) is 8.40. The van der Waals surface area contributed by atoms with Gasteiger partial charge in [0.1, 0.15) is 17.3 Å². The molecule has 0 aromatic rings. The molecular weight excluding hydrogens is 350 g/mol. The molecule has 7 heteroatoms. The van der Waals surface area contributed by atoms with Crippen LogP contribution >= 0.6 is 0 Å². The van der Waals surface area contributed by atoms with Crippen LogP contribution in [0.4, 0.5) is 0 Å². The molecule has 3 saturated heterocycles. The summed E-state index contributed by atoms with van der Waals surface area (Å²) in [7, 11) is 0. The Hall–Kier alpha value is -0.860. The van der Waals surface area contributed by atoms with E-state index in [0.29, 0.717) is 32.2 Å². The number of carbonyl (C=O) groups is 2. The molecule has 4 N–H and O–H groups in total. The summed E-state index contributed by atoms with van der Waals surface area (Å²) in [6.07, 6.45) is -0.256. The highest BCUT2D eigenvalue weighted by atomic mass is 16.6. The van der Waals surface area contributed by atoms with Crippen LogP contribution < -0.4 is 5.32 Å². The second kappa shape index (κ2) is 4.33. The van der Waals surface area contributed by atoms with E-state index in [4.69, 9.17) is 4.74 Å². The molecule has 7 fully saturated rings. The third-order valence-corrected chi connectivity index (χ3v) is 9.51. The molecular formula is C20H27NO6. The average Bonchev–Trinajstić information content (AvgIpc) is 3.40. The van der Waals surface area contributed by atoms with Gasteiger partial charge in [-0.2, -0.15) is 0 Å². The molecule has 4 bridgehead atoms. The summed E-state index contributed by atoms with van der Waals surface area (Å²) < 4.78 is 5.83. The average molecular weight is 377 g/mol. The largest absolute Gasteiger partial charge is 0.391 e. The summed E-state index contributed by atoms with van der Waals surface area (Å²) in [5.41, 5.74) is -3.85. The maximum absolute atomic E-state index is 13.7. The number of fused-ring (bicyclic) bond motifs is 3. The number of aliphatic hydroxyl groups excluding tert-OH is 2. The quantitative estimate of drug-likeness (QED) is 0.414. The van der Waals surface area contributed by atoms with Crippen LogP contribution in [-0.2, 0) is 14.3 Å². The van der Waals surface area contributed by atoms with E-state index in [0.717, 1.165) is 0 Å². The Bertz CT molecular complexity index is 791. The topological polar surface area (TPSA) is 126 Å². The third kappa shape index (κ3) is 1.37. The van der Waals surface area contributed by atoms with Gasteiger partial charge in [0.15, 0.2) is 5.78 Å². The number of rotatable bonds is 0. The van der Waals surface area contributed by atoms with Gasteiger partial charge in [0.2, 0.25) is 5.79 Å². The predicted molar refractivity (Wildman–Crippen MR) is 91.2 cm³/mol. The van der Waals surface area contributed by atoms with Gasteiger partial charge in [-0.25, -0.2) is 0 Å². The lowest BCUT2D eigenvalue weighted by atomic mass is 9.36. The standard InChI is InChI=1S/C20H27NO6/c1-16(2)6-5-11(22)17-8-27-20(26,14(24)12(16)17)19-10(17)4-3-9(13(19)23)18(7-21-18)15(19)25/h9-10,12-14,21,23-24,26H,3-8H2,1-2H3/t9-,10?,12?,13-,14+,17-,18?,19-,20?/m1/s1. The first-order valence-corrected chi connectivity index (χ1v) is 10.2. The lowest BCUT2D eigenvalue weighted by Gasteiger charge is -2.72. The zero-order valence-electron chi connectivity index (χ0n) is 15.7. The molecule has 7 aliphatic rings. The minimum atomic E-state index is -2.15. The van der Waals surface area contributed by atoms with Gasteiger partial charge >= 0.3 is 0 Å². The van der Waals surface area contributed by atoms with Crippen molar-refractivity contribution in [3.63, 3.8) is 0 Å². The van der Waals surface area contributed by atoms with E-state index >= 15 is 0 Å². The number of carbonyl (C=O) groups excluding carboxylic acids is 2. The first-order chi connectivity index (χ1) is 12.6. The normalized spacial score (nSPS) is 62.5. The number of ether oxygens (including phenoxy) is 1. The van der Waals surface area contributed by atoms with Crippen LogP contribution in [0, 0.1) is 34.0 Å². The van der Waals surface area contributed by atoms with Crippen LogP contribution in [0.3, 0.4) is 0 Å². The Balaban J connectivity index is 1.65. The van der Waals surface area contributed by atoms with Crippen molar-refractivity contribution in [2.24, 2.45) is 34.0 Å². The molecule has 27 heavy (non-hydrogen) atoms.